The molecular weight excluding hydrogens is 489 g/mol. The van der Waals surface area contributed by atoms with E-state index < -0.39 is 53.7 Å². The van der Waals surface area contributed by atoms with Crippen molar-refractivity contribution in [2.75, 3.05) is 12.3 Å². The molecule has 1 aromatic carbocycles. The molecule has 15 heteroatoms. The molecule has 1 aliphatic rings. The first-order valence-corrected chi connectivity index (χ1v) is 9.79. The summed E-state index contributed by atoms with van der Waals surface area (Å²) in [6, 6.07) is 2.17. The van der Waals surface area contributed by atoms with Crippen molar-refractivity contribution in [3.63, 3.8) is 0 Å². The Balaban J connectivity index is 1.53. The summed E-state index contributed by atoms with van der Waals surface area (Å²) in [6.45, 7) is -0.466. The van der Waals surface area contributed by atoms with Gasteiger partial charge >= 0.3 is 12.5 Å². The molecule has 0 spiro atoms. The Morgan fingerprint density at radius 2 is 1.97 bits per heavy atom. The number of benzene rings is 1. The van der Waals surface area contributed by atoms with Crippen LogP contribution in [0, 0.1) is 5.82 Å². The van der Waals surface area contributed by atoms with Crippen LogP contribution >= 0.6 is 0 Å². The number of rotatable bonds is 5. The maximum absolute atomic E-state index is 14.0. The van der Waals surface area contributed by atoms with Gasteiger partial charge in [-0.25, -0.2) is 13.9 Å². The van der Waals surface area contributed by atoms with E-state index in [0.29, 0.717) is 5.57 Å². The van der Waals surface area contributed by atoms with Gasteiger partial charge in [-0.2, -0.15) is 18.3 Å². The molecule has 0 radical (unpaired) electrons. The fourth-order valence-corrected chi connectivity index (χ4v) is 3.57. The Kier molecular flexibility index (Phi) is 6.04. The van der Waals surface area contributed by atoms with E-state index in [1.807, 2.05) is 0 Å². The Morgan fingerprint density at radius 3 is 2.66 bits per heavy atom. The van der Waals surface area contributed by atoms with Crippen LogP contribution in [0.2, 0.25) is 0 Å². The number of hydrogen-bond donors (Lipinski definition) is 3. The lowest BCUT2D eigenvalue weighted by Crippen LogP contribution is -2.40. The predicted octanol–water partition coefficient (Wildman–Crippen LogP) is 3.04. The van der Waals surface area contributed by atoms with Crippen molar-refractivity contribution in [1.29, 1.82) is 0 Å². The zero-order chi connectivity index (χ0) is 25.5. The minimum absolute atomic E-state index is 0.00528. The van der Waals surface area contributed by atoms with Crippen molar-refractivity contribution in [2.45, 2.75) is 25.1 Å². The van der Waals surface area contributed by atoms with Gasteiger partial charge in [-0.1, -0.05) is 6.08 Å². The van der Waals surface area contributed by atoms with Crippen LogP contribution in [0.3, 0.4) is 0 Å². The van der Waals surface area contributed by atoms with Gasteiger partial charge in [0.2, 0.25) is 5.91 Å². The number of amides is 1. The van der Waals surface area contributed by atoms with Crippen LogP contribution in [0.25, 0.3) is 11.1 Å². The molecule has 3 heterocycles. The lowest BCUT2D eigenvalue weighted by Gasteiger charge is -2.13. The quantitative estimate of drug-likeness (QED) is 0.462. The van der Waals surface area contributed by atoms with E-state index in [4.69, 9.17) is 5.73 Å². The molecule has 1 atom stereocenters. The largest absolute Gasteiger partial charge is 0.573 e. The molecule has 1 aliphatic heterocycles. The lowest BCUT2D eigenvalue weighted by molar-refractivity contribution is -0.274. The van der Waals surface area contributed by atoms with Crippen LogP contribution in [-0.2, 0) is 17.5 Å². The van der Waals surface area contributed by atoms with Gasteiger partial charge in [0, 0.05) is 18.7 Å². The summed E-state index contributed by atoms with van der Waals surface area (Å²) < 4.78 is 96.3. The molecule has 3 aromatic rings. The summed E-state index contributed by atoms with van der Waals surface area (Å²) in [5, 5.41) is 8.98. The van der Waals surface area contributed by atoms with Crippen LogP contribution in [0.1, 0.15) is 16.8 Å². The van der Waals surface area contributed by atoms with Crippen molar-refractivity contribution in [2.24, 2.45) is 0 Å². The van der Waals surface area contributed by atoms with Gasteiger partial charge in [-0.15, -0.1) is 13.2 Å². The topological polar surface area (TPSA) is 107 Å². The summed E-state index contributed by atoms with van der Waals surface area (Å²) >= 11 is 0. The number of anilines is 1. The first kappa shape index (κ1) is 24.3. The number of carbonyl (C=O) groups excluding carboxylic acids is 1. The van der Waals surface area contributed by atoms with Gasteiger partial charge < -0.3 is 15.8 Å². The molecule has 0 unspecified atom stereocenters. The number of halogens is 7. The number of hydrogen-bond acceptors (Lipinski definition) is 6. The van der Waals surface area contributed by atoms with Crippen LogP contribution in [0.15, 0.2) is 36.7 Å². The Bertz CT molecular complexity index is 1320. The predicted molar refractivity (Wildman–Crippen MR) is 107 cm³/mol. The van der Waals surface area contributed by atoms with E-state index in [9.17, 15) is 35.5 Å². The first-order valence-electron chi connectivity index (χ1n) is 9.79. The highest BCUT2D eigenvalue weighted by atomic mass is 19.4. The fraction of sp³-hybridized carbons (Fsp3) is 0.250. The molecule has 0 saturated carbocycles. The number of nitrogen functional groups attached to an aromatic ring is 1. The lowest BCUT2D eigenvalue weighted by atomic mass is 10.1. The maximum Gasteiger partial charge on any atom is 0.573 e. The highest BCUT2D eigenvalue weighted by Gasteiger charge is 2.37. The van der Waals surface area contributed by atoms with E-state index in [2.05, 4.69) is 25.5 Å². The number of nitrogens with one attached hydrogen (secondary N) is 2. The molecule has 4 rings (SSSR count). The molecule has 35 heavy (non-hydrogen) atoms. The monoisotopic (exact) mass is 504 g/mol. The molecule has 0 aliphatic carbocycles. The standard InChI is InChI=1S/C20H15F7N6O2/c21-13-2-1-11(35-20(25,26)27)3-9(13)6-30-18(34)14-4-10(7-29-14)15-5-12(19(22,23)24)16-17(28)31-8-32-33(15)16/h1-5,8,14,29H,6-7H2,(H,30,34)(H2,28,31,32)/t14-/m0/s1. The molecule has 0 fully saturated rings. The molecule has 0 saturated heterocycles. The van der Waals surface area contributed by atoms with Crippen molar-refractivity contribution in [3.05, 3.63) is 59.3 Å². The summed E-state index contributed by atoms with van der Waals surface area (Å²) in [6.07, 6.45) is -7.36. The number of nitrogens with two attached hydrogens (primary N) is 1. The van der Waals surface area contributed by atoms with Gasteiger partial charge in [0.15, 0.2) is 5.82 Å². The third-order valence-corrected chi connectivity index (χ3v) is 5.08. The minimum atomic E-state index is -4.97. The second-order valence-electron chi connectivity index (χ2n) is 7.42. The number of aromatic nitrogens is 3. The Morgan fingerprint density at radius 1 is 1.23 bits per heavy atom. The summed E-state index contributed by atoms with van der Waals surface area (Å²) in [7, 11) is 0. The van der Waals surface area contributed by atoms with Gasteiger partial charge in [-0.05, 0) is 29.8 Å². The average molecular weight is 504 g/mol. The van der Waals surface area contributed by atoms with E-state index in [0.717, 1.165) is 35.1 Å². The Hall–Kier alpha value is -3.88. The summed E-state index contributed by atoms with van der Waals surface area (Å²) in [5.74, 6) is -2.59. The smallest absolute Gasteiger partial charge is 0.406 e. The van der Waals surface area contributed by atoms with Crippen LogP contribution in [-0.4, -0.2) is 39.5 Å². The number of fused-ring (bicyclic) bond motifs is 1. The second-order valence-corrected chi connectivity index (χ2v) is 7.42. The minimum Gasteiger partial charge on any atom is -0.406 e. The average Bonchev–Trinajstić information content (AvgIpc) is 3.38. The highest BCUT2D eigenvalue weighted by molar-refractivity contribution is 5.89. The van der Waals surface area contributed by atoms with Gasteiger partial charge in [-0.3, -0.25) is 10.1 Å². The van der Waals surface area contributed by atoms with Crippen LogP contribution in [0.4, 0.5) is 36.6 Å². The van der Waals surface area contributed by atoms with Crippen molar-refractivity contribution < 1.29 is 40.3 Å². The van der Waals surface area contributed by atoms with Crippen molar-refractivity contribution >= 4 is 22.8 Å². The van der Waals surface area contributed by atoms with Gasteiger partial charge in [0.25, 0.3) is 0 Å². The van der Waals surface area contributed by atoms with Crippen molar-refractivity contribution in [1.82, 2.24) is 25.2 Å². The van der Waals surface area contributed by atoms with E-state index in [1.54, 1.807) is 0 Å². The number of alkyl halides is 6. The van der Waals surface area contributed by atoms with Gasteiger partial charge in [0.05, 0.1) is 11.3 Å². The molecule has 0 bridgehead atoms. The third kappa shape index (κ3) is 5.13. The maximum atomic E-state index is 14.0. The molecular formula is C20H15F7N6O2. The second kappa shape index (κ2) is 8.72. The number of nitrogens with zero attached hydrogens (tertiary/aromatic N) is 3. The number of carbonyl (C=O) groups is 1. The highest BCUT2D eigenvalue weighted by Crippen LogP contribution is 2.37. The first-order chi connectivity index (χ1) is 16.3. The SMILES string of the molecule is Nc1ncnn2c(C3=C[C@@H](C(=O)NCc4cc(OC(F)(F)F)ccc4F)NC3)cc(C(F)(F)F)c12. The third-order valence-electron chi connectivity index (χ3n) is 5.08. The van der Waals surface area contributed by atoms with E-state index >= 15 is 0 Å². The molecule has 186 valence electrons. The number of ether oxygens (including phenoxy) is 1. The molecule has 4 N–H and O–H groups in total. The van der Waals surface area contributed by atoms with E-state index in [1.165, 1.54) is 6.08 Å². The zero-order valence-electron chi connectivity index (χ0n) is 17.3. The van der Waals surface area contributed by atoms with E-state index in [-0.39, 0.29) is 23.6 Å². The Labute approximate surface area is 191 Å². The molecule has 2 aromatic heterocycles. The summed E-state index contributed by atoms with van der Waals surface area (Å²) in [4.78, 5) is 16.1. The normalized spacial score (nSPS) is 16.4. The molecule has 8 nitrogen and oxygen atoms in total. The zero-order valence-corrected chi connectivity index (χ0v) is 17.3. The van der Waals surface area contributed by atoms with Crippen molar-refractivity contribution in [3.8, 4) is 5.75 Å². The molecule has 1 amide bonds. The fourth-order valence-electron chi connectivity index (χ4n) is 3.57. The van der Waals surface area contributed by atoms with Crippen LogP contribution in [0.5, 0.6) is 5.75 Å². The van der Waals surface area contributed by atoms with Gasteiger partial charge in [0.1, 0.15) is 29.5 Å². The van der Waals surface area contributed by atoms with Crippen LogP contribution < -0.4 is 21.1 Å². The summed E-state index contributed by atoms with van der Waals surface area (Å²) in [5.41, 5.74) is 4.22.